The van der Waals surface area contributed by atoms with Crippen LogP contribution >= 0.6 is 12.2 Å². The summed E-state index contributed by atoms with van der Waals surface area (Å²) in [4.78, 5) is 0. The van der Waals surface area contributed by atoms with E-state index in [-0.39, 0.29) is 0 Å². The molecule has 0 spiro atoms. The second-order valence-corrected chi connectivity index (χ2v) is 3.06. The number of hydrogen-bond acceptors (Lipinski definition) is 1. The Morgan fingerprint density at radius 1 is 1.42 bits per heavy atom. The van der Waals surface area contributed by atoms with E-state index in [9.17, 15) is 0 Å². The van der Waals surface area contributed by atoms with Crippen LogP contribution in [-0.4, -0.2) is 9.77 Å². The molecule has 0 bridgehead atoms. The SMILES string of the molecule is Cc1cc2ccccn2c1C=S. The van der Waals surface area contributed by atoms with Crippen LogP contribution in [0, 0.1) is 6.92 Å². The fourth-order valence-corrected chi connectivity index (χ4v) is 1.73. The first kappa shape index (κ1) is 7.50. The first-order valence-electron chi connectivity index (χ1n) is 3.85. The maximum atomic E-state index is 4.94. The first-order valence-corrected chi connectivity index (χ1v) is 4.32. The molecule has 2 rings (SSSR count). The topological polar surface area (TPSA) is 4.41 Å². The Hall–Kier alpha value is -1.15. The first-order chi connectivity index (χ1) is 5.83. The van der Waals surface area contributed by atoms with Crippen LogP contribution in [-0.2, 0) is 0 Å². The van der Waals surface area contributed by atoms with Crippen LogP contribution in [0.5, 0.6) is 0 Å². The van der Waals surface area contributed by atoms with Crippen molar-refractivity contribution in [1.82, 2.24) is 4.40 Å². The molecule has 1 nitrogen and oxygen atoms in total. The molecule has 0 saturated heterocycles. The lowest BCUT2D eigenvalue weighted by atomic mass is 10.3. The lowest BCUT2D eigenvalue weighted by molar-refractivity contribution is 1.17. The number of hydrogen-bond donors (Lipinski definition) is 0. The zero-order valence-electron chi connectivity index (χ0n) is 6.82. The minimum atomic E-state index is 1.11. The summed E-state index contributed by atoms with van der Waals surface area (Å²) in [5.74, 6) is 0. The van der Waals surface area contributed by atoms with Crippen molar-refractivity contribution in [2.75, 3.05) is 0 Å². The van der Waals surface area contributed by atoms with Crippen molar-refractivity contribution in [3.8, 4) is 0 Å². The summed E-state index contributed by atoms with van der Waals surface area (Å²) in [5, 5.41) is 1.72. The predicted octanol–water partition coefficient (Wildman–Crippen LogP) is 2.60. The third-order valence-corrected chi connectivity index (χ3v) is 2.25. The molecule has 0 N–H and O–H groups in total. The average Bonchev–Trinajstić information content (AvgIpc) is 2.40. The van der Waals surface area contributed by atoms with Gasteiger partial charge in [-0.3, -0.25) is 0 Å². The van der Waals surface area contributed by atoms with E-state index in [1.165, 1.54) is 11.1 Å². The summed E-state index contributed by atoms with van der Waals surface area (Å²) in [7, 11) is 0. The molecule has 60 valence electrons. The molecule has 0 fully saturated rings. The molecule has 2 aromatic heterocycles. The largest absolute Gasteiger partial charge is 0.316 e. The van der Waals surface area contributed by atoms with E-state index < -0.39 is 0 Å². The Kier molecular flexibility index (Phi) is 1.70. The fourth-order valence-electron chi connectivity index (χ4n) is 1.43. The summed E-state index contributed by atoms with van der Waals surface area (Å²) < 4.78 is 2.10. The van der Waals surface area contributed by atoms with Crippen molar-refractivity contribution in [2.45, 2.75) is 6.92 Å². The van der Waals surface area contributed by atoms with E-state index in [2.05, 4.69) is 23.5 Å². The van der Waals surface area contributed by atoms with E-state index in [1.807, 2.05) is 18.3 Å². The van der Waals surface area contributed by atoms with E-state index in [1.54, 1.807) is 5.37 Å². The van der Waals surface area contributed by atoms with E-state index in [0.717, 1.165) is 5.69 Å². The third kappa shape index (κ3) is 0.959. The molecule has 0 aromatic carbocycles. The van der Waals surface area contributed by atoms with Crippen LogP contribution < -0.4 is 0 Å². The number of rotatable bonds is 1. The van der Waals surface area contributed by atoms with E-state index in [4.69, 9.17) is 12.2 Å². The van der Waals surface area contributed by atoms with Crippen LogP contribution in [0.3, 0.4) is 0 Å². The van der Waals surface area contributed by atoms with E-state index in [0.29, 0.717) is 0 Å². The van der Waals surface area contributed by atoms with Gasteiger partial charge in [-0.2, -0.15) is 0 Å². The minimum Gasteiger partial charge on any atom is -0.316 e. The van der Waals surface area contributed by atoms with Crippen LogP contribution in [0.2, 0.25) is 0 Å². The number of aromatic nitrogens is 1. The van der Waals surface area contributed by atoms with Gasteiger partial charge in [0.15, 0.2) is 0 Å². The van der Waals surface area contributed by atoms with Gasteiger partial charge in [-0.25, -0.2) is 0 Å². The Morgan fingerprint density at radius 3 is 3.00 bits per heavy atom. The maximum absolute atomic E-state index is 4.94. The Balaban J connectivity index is 2.90. The van der Waals surface area contributed by atoms with Crippen LogP contribution in [0.1, 0.15) is 11.3 Å². The molecule has 2 aromatic rings. The molecule has 0 amide bonds. The molecule has 0 radical (unpaired) electrons. The van der Waals surface area contributed by atoms with Crippen molar-refractivity contribution in [3.05, 3.63) is 41.7 Å². The molecule has 2 heterocycles. The van der Waals surface area contributed by atoms with Gasteiger partial charge in [0.25, 0.3) is 0 Å². The van der Waals surface area contributed by atoms with Gasteiger partial charge < -0.3 is 4.40 Å². The smallest absolute Gasteiger partial charge is 0.0592 e. The van der Waals surface area contributed by atoms with Crippen molar-refractivity contribution in [3.63, 3.8) is 0 Å². The summed E-state index contributed by atoms with van der Waals surface area (Å²) in [6.45, 7) is 2.07. The Morgan fingerprint density at radius 2 is 2.25 bits per heavy atom. The Labute approximate surface area is 76.6 Å². The molecular formula is C10H9NS. The number of aryl methyl sites for hydroxylation is 1. The number of nitrogens with zero attached hydrogens (tertiary/aromatic N) is 1. The van der Waals surface area contributed by atoms with Crippen molar-refractivity contribution in [2.24, 2.45) is 0 Å². The van der Waals surface area contributed by atoms with Crippen molar-refractivity contribution in [1.29, 1.82) is 0 Å². The summed E-state index contributed by atoms with van der Waals surface area (Å²) in [5.41, 5.74) is 3.54. The fraction of sp³-hybridized carbons (Fsp3) is 0.100. The number of thiocarbonyl (C=S) groups is 1. The molecule has 0 atom stereocenters. The van der Waals surface area contributed by atoms with Gasteiger partial charge in [-0.15, -0.1) is 0 Å². The van der Waals surface area contributed by atoms with Gasteiger partial charge in [0.1, 0.15) is 0 Å². The van der Waals surface area contributed by atoms with E-state index >= 15 is 0 Å². The molecular weight excluding hydrogens is 166 g/mol. The molecule has 0 saturated carbocycles. The molecule has 2 heteroatoms. The normalized spacial score (nSPS) is 10.4. The van der Waals surface area contributed by atoms with Gasteiger partial charge in [0, 0.05) is 17.1 Å². The van der Waals surface area contributed by atoms with Gasteiger partial charge in [0.05, 0.1) is 5.69 Å². The highest BCUT2D eigenvalue weighted by Crippen LogP contribution is 2.13. The van der Waals surface area contributed by atoms with Crippen molar-refractivity contribution < 1.29 is 0 Å². The minimum absolute atomic E-state index is 1.11. The zero-order chi connectivity index (χ0) is 8.55. The average molecular weight is 175 g/mol. The standard InChI is InChI=1S/C10H9NS/c1-8-6-9-4-2-3-5-11(9)10(8)7-12/h2-7H,1H3. The number of pyridine rings is 1. The van der Waals surface area contributed by atoms with Crippen molar-refractivity contribution >= 4 is 23.1 Å². The maximum Gasteiger partial charge on any atom is 0.0592 e. The second-order valence-electron chi connectivity index (χ2n) is 2.83. The molecule has 0 aliphatic heterocycles. The Bertz CT molecular complexity index is 428. The van der Waals surface area contributed by atoms with Crippen LogP contribution in [0.25, 0.3) is 5.52 Å². The summed E-state index contributed by atoms with van der Waals surface area (Å²) in [6.07, 6.45) is 2.03. The highest BCUT2D eigenvalue weighted by molar-refractivity contribution is 7.79. The van der Waals surface area contributed by atoms with Gasteiger partial charge >= 0.3 is 0 Å². The van der Waals surface area contributed by atoms with Gasteiger partial charge in [-0.1, -0.05) is 18.3 Å². The summed E-state index contributed by atoms with van der Waals surface area (Å²) in [6, 6.07) is 8.25. The summed E-state index contributed by atoms with van der Waals surface area (Å²) >= 11 is 4.94. The quantitative estimate of drug-likeness (QED) is 0.603. The van der Waals surface area contributed by atoms with Gasteiger partial charge in [-0.05, 0) is 30.7 Å². The lowest BCUT2D eigenvalue weighted by Gasteiger charge is -1.95. The number of fused-ring (bicyclic) bond motifs is 1. The van der Waals surface area contributed by atoms with Crippen LogP contribution in [0.4, 0.5) is 0 Å². The lowest BCUT2D eigenvalue weighted by Crippen LogP contribution is -1.89. The highest BCUT2D eigenvalue weighted by atomic mass is 32.1. The monoisotopic (exact) mass is 175 g/mol. The molecule has 0 aliphatic carbocycles. The molecule has 0 aliphatic rings. The molecule has 0 unspecified atom stereocenters. The predicted molar refractivity (Wildman–Crippen MR) is 54.9 cm³/mol. The third-order valence-electron chi connectivity index (χ3n) is 2.03. The van der Waals surface area contributed by atoms with Crippen LogP contribution in [0.15, 0.2) is 30.5 Å². The van der Waals surface area contributed by atoms with Gasteiger partial charge in [0.2, 0.25) is 0 Å². The molecule has 12 heavy (non-hydrogen) atoms. The second kappa shape index (κ2) is 2.72. The highest BCUT2D eigenvalue weighted by Gasteiger charge is 2.01. The zero-order valence-corrected chi connectivity index (χ0v) is 7.64.